The first-order valence-corrected chi connectivity index (χ1v) is 9.98. The van der Waals surface area contributed by atoms with Gasteiger partial charge in [0.15, 0.2) is 5.65 Å². The van der Waals surface area contributed by atoms with Crippen LogP contribution in [0.2, 0.25) is 0 Å². The molecule has 4 N–H and O–H groups in total. The zero-order valence-electron chi connectivity index (χ0n) is 17.2. The Bertz CT molecular complexity index is 1220. The van der Waals surface area contributed by atoms with Gasteiger partial charge in [0.25, 0.3) is 17.4 Å². The van der Waals surface area contributed by atoms with Gasteiger partial charge in [0, 0.05) is 17.1 Å². The second-order valence-electron chi connectivity index (χ2n) is 7.95. The Morgan fingerprint density at radius 3 is 2.77 bits per heavy atom. The van der Waals surface area contributed by atoms with Crippen molar-refractivity contribution in [3.63, 3.8) is 0 Å². The molecule has 0 aliphatic heterocycles. The lowest BCUT2D eigenvalue weighted by Crippen LogP contribution is -2.34. The van der Waals surface area contributed by atoms with Gasteiger partial charge in [-0.15, -0.1) is 0 Å². The van der Waals surface area contributed by atoms with Crippen molar-refractivity contribution in [1.29, 1.82) is 0 Å². The summed E-state index contributed by atoms with van der Waals surface area (Å²) in [6.07, 6.45) is 3.89. The highest BCUT2D eigenvalue weighted by molar-refractivity contribution is 5.98. The number of rotatable bonds is 4. The average molecular weight is 408 g/mol. The third-order valence-electron chi connectivity index (χ3n) is 5.52. The van der Waals surface area contributed by atoms with Gasteiger partial charge in [-0.2, -0.15) is 5.10 Å². The molecule has 9 heteroatoms. The number of carbonyl (C=O) groups excluding carboxylic acids is 2. The molecule has 30 heavy (non-hydrogen) atoms. The van der Waals surface area contributed by atoms with Crippen LogP contribution in [0.1, 0.15) is 76.4 Å². The van der Waals surface area contributed by atoms with E-state index in [4.69, 9.17) is 5.73 Å². The summed E-state index contributed by atoms with van der Waals surface area (Å²) in [7, 11) is 0. The summed E-state index contributed by atoms with van der Waals surface area (Å²) >= 11 is 0. The van der Waals surface area contributed by atoms with E-state index in [2.05, 4.69) is 20.4 Å². The second kappa shape index (κ2) is 7.40. The predicted molar refractivity (Wildman–Crippen MR) is 111 cm³/mol. The average Bonchev–Trinajstić information content (AvgIpc) is 3.09. The van der Waals surface area contributed by atoms with Crippen LogP contribution < -0.4 is 16.6 Å². The summed E-state index contributed by atoms with van der Waals surface area (Å²) in [6.45, 7) is 5.84. The number of aromatic amines is 1. The van der Waals surface area contributed by atoms with Gasteiger partial charge in [-0.25, -0.2) is 9.67 Å². The number of fused-ring (bicyclic) bond motifs is 2. The van der Waals surface area contributed by atoms with Gasteiger partial charge in [0.2, 0.25) is 0 Å². The van der Waals surface area contributed by atoms with Gasteiger partial charge in [-0.1, -0.05) is 0 Å². The van der Waals surface area contributed by atoms with Crippen LogP contribution in [0.4, 0.5) is 0 Å². The fraction of sp³-hybridized carbons (Fsp3) is 0.381. The van der Waals surface area contributed by atoms with Gasteiger partial charge < -0.3 is 16.0 Å². The number of hydrogen-bond acceptors (Lipinski definition) is 5. The molecule has 3 aromatic heterocycles. The van der Waals surface area contributed by atoms with Crippen LogP contribution in [-0.4, -0.2) is 31.6 Å². The van der Waals surface area contributed by atoms with Crippen LogP contribution in [0.3, 0.4) is 0 Å². The van der Waals surface area contributed by atoms with E-state index in [1.54, 1.807) is 19.2 Å². The van der Waals surface area contributed by atoms with E-state index < -0.39 is 11.5 Å². The summed E-state index contributed by atoms with van der Waals surface area (Å²) in [5.41, 5.74) is 7.99. The number of pyridine rings is 2. The van der Waals surface area contributed by atoms with Crippen molar-refractivity contribution in [3.05, 3.63) is 56.8 Å². The van der Waals surface area contributed by atoms with Crippen molar-refractivity contribution in [2.45, 2.75) is 52.1 Å². The largest absolute Gasteiger partial charge is 0.365 e. The third kappa shape index (κ3) is 3.36. The molecule has 9 nitrogen and oxygen atoms in total. The van der Waals surface area contributed by atoms with E-state index in [9.17, 15) is 14.4 Å². The quantitative estimate of drug-likeness (QED) is 0.606. The van der Waals surface area contributed by atoms with E-state index in [1.807, 2.05) is 18.5 Å². The lowest BCUT2D eigenvalue weighted by Gasteiger charge is -2.26. The number of hydrogen-bond donors (Lipinski definition) is 3. The van der Waals surface area contributed by atoms with Crippen molar-refractivity contribution in [1.82, 2.24) is 25.1 Å². The number of carbonyl (C=O) groups is 2. The molecule has 0 radical (unpaired) electrons. The molecular formula is C21H24N6O3. The molecule has 4 rings (SSSR count). The normalized spacial score (nSPS) is 15.9. The Kier molecular flexibility index (Phi) is 4.89. The Morgan fingerprint density at radius 1 is 1.30 bits per heavy atom. The van der Waals surface area contributed by atoms with Gasteiger partial charge in [-0.3, -0.25) is 14.4 Å². The van der Waals surface area contributed by atoms with E-state index in [0.717, 1.165) is 28.7 Å². The van der Waals surface area contributed by atoms with Crippen LogP contribution >= 0.6 is 0 Å². The first-order chi connectivity index (χ1) is 14.3. The molecule has 156 valence electrons. The molecule has 1 aliphatic carbocycles. The highest BCUT2D eigenvalue weighted by atomic mass is 16.2. The van der Waals surface area contributed by atoms with Gasteiger partial charge in [0.05, 0.1) is 23.5 Å². The number of nitrogens with one attached hydrogen (secondary N) is 2. The molecule has 0 bridgehead atoms. The summed E-state index contributed by atoms with van der Waals surface area (Å²) in [5.74, 6) is -1.05. The Balaban J connectivity index is 1.67. The van der Waals surface area contributed by atoms with Crippen molar-refractivity contribution in [2.24, 2.45) is 5.73 Å². The Morgan fingerprint density at radius 2 is 2.07 bits per heavy atom. The molecule has 0 spiro atoms. The van der Waals surface area contributed by atoms with E-state index in [1.165, 1.54) is 6.07 Å². The van der Waals surface area contributed by atoms with Crippen LogP contribution in [0.5, 0.6) is 0 Å². The SMILES string of the molecule is Cc1nc2c(cnn2C(C)C)cc1C(=O)NC1CCCc2[nH]c(=O)c(C(N)=O)cc21. The maximum atomic E-state index is 13.1. The first-order valence-electron chi connectivity index (χ1n) is 9.98. The Labute approximate surface area is 172 Å². The van der Waals surface area contributed by atoms with Gasteiger partial charge in [0.1, 0.15) is 5.56 Å². The molecule has 3 aromatic rings. The number of aromatic nitrogens is 4. The summed E-state index contributed by atoms with van der Waals surface area (Å²) in [5, 5.41) is 8.19. The maximum Gasteiger partial charge on any atom is 0.261 e. The summed E-state index contributed by atoms with van der Waals surface area (Å²) in [6, 6.07) is 3.13. The summed E-state index contributed by atoms with van der Waals surface area (Å²) < 4.78 is 1.82. The van der Waals surface area contributed by atoms with Crippen molar-refractivity contribution in [2.75, 3.05) is 0 Å². The number of H-pyrrole nitrogens is 1. The molecule has 0 aromatic carbocycles. The molecule has 1 aliphatic rings. The fourth-order valence-electron chi connectivity index (χ4n) is 3.98. The lowest BCUT2D eigenvalue weighted by molar-refractivity contribution is 0.0931. The molecule has 2 amide bonds. The number of aryl methyl sites for hydroxylation is 2. The molecular weight excluding hydrogens is 384 g/mol. The standard InChI is InChI=1S/C21H24N6O3/c1-10(2)27-19-12(9-23-27)7-13(11(3)24-19)20(29)25-16-5-4-6-17-14(16)8-15(18(22)28)21(30)26-17/h7-10,16H,4-6H2,1-3H3,(H2,22,28)(H,25,29)(H,26,30). The highest BCUT2D eigenvalue weighted by Crippen LogP contribution is 2.29. The number of nitrogens with two attached hydrogens (primary N) is 1. The number of nitrogens with zero attached hydrogens (tertiary/aromatic N) is 3. The molecule has 3 heterocycles. The smallest absolute Gasteiger partial charge is 0.261 e. The minimum atomic E-state index is -0.789. The number of amides is 2. The van der Waals surface area contributed by atoms with Crippen molar-refractivity contribution in [3.8, 4) is 0 Å². The van der Waals surface area contributed by atoms with Crippen LogP contribution in [-0.2, 0) is 6.42 Å². The van der Waals surface area contributed by atoms with Gasteiger partial charge in [-0.05, 0) is 57.7 Å². The topological polar surface area (TPSA) is 136 Å². The highest BCUT2D eigenvalue weighted by Gasteiger charge is 2.26. The van der Waals surface area contributed by atoms with Crippen LogP contribution in [0.25, 0.3) is 11.0 Å². The maximum absolute atomic E-state index is 13.1. The number of primary amides is 1. The van der Waals surface area contributed by atoms with E-state index >= 15 is 0 Å². The summed E-state index contributed by atoms with van der Waals surface area (Å²) in [4.78, 5) is 44.0. The van der Waals surface area contributed by atoms with E-state index in [-0.39, 0.29) is 23.6 Å². The minimum Gasteiger partial charge on any atom is -0.365 e. The Hall–Kier alpha value is -3.49. The molecule has 1 unspecified atom stereocenters. The molecule has 0 saturated carbocycles. The fourth-order valence-corrected chi connectivity index (χ4v) is 3.98. The van der Waals surface area contributed by atoms with Crippen molar-refractivity contribution >= 4 is 22.8 Å². The van der Waals surface area contributed by atoms with E-state index in [0.29, 0.717) is 24.1 Å². The zero-order chi connectivity index (χ0) is 21.6. The minimum absolute atomic E-state index is 0.102. The predicted octanol–water partition coefficient (Wildman–Crippen LogP) is 1.92. The van der Waals surface area contributed by atoms with Crippen LogP contribution in [0, 0.1) is 6.92 Å². The molecule has 0 saturated heterocycles. The van der Waals surface area contributed by atoms with Crippen LogP contribution in [0.15, 0.2) is 23.1 Å². The molecule has 1 atom stereocenters. The monoisotopic (exact) mass is 408 g/mol. The third-order valence-corrected chi connectivity index (χ3v) is 5.52. The van der Waals surface area contributed by atoms with Crippen molar-refractivity contribution < 1.29 is 9.59 Å². The molecule has 0 fully saturated rings. The van der Waals surface area contributed by atoms with Gasteiger partial charge >= 0.3 is 0 Å². The lowest BCUT2D eigenvalue weighted by atomic mass is 9.90. The first kappa shape index (κ1) is 19.8. The second-order valence-corrected chi connectivity index (χ2v) is 7.95. The zero-order valence-corrected chi connectivity index (χ0v) is 17.2.